The summed E-state index contributed by atoms with van der Waals surface area (Å²) in [5.74, 6) is -0.682. The van der Waals surface area contributed by atoms with Gasteiger partial charge >= 0.3 is 5.97 Å². The molecule has 0 spiro atoms. The number of nitrogens with zero attached hydrogens (tertiary/aromatic N) is 3. The molecule has 1 saturated heterocycles. The fraction of sp³-hybridized carbons (Fsp3) is 0.353. The molecular formula is C17H19N3O4. The summed E-state index contributed by atoms with van der Waals surface area (Å²) in [5.41, 5.74) is 2.00. The number of methoxy groups -OCH3 is 1. The second-order valence-corrected chi connectivity index (χ2v) is 5.82. The maximum atomic E-state index is 12.6. The van der Waals surface area contributed by atoms with Crippen molar-refractivity contribution in [3.05, 3.63) is 41.7 Å². The lowest BCUT2D eigenvalue weighted by atomic mass is 10.2. The molecule has 1 N–H and O–H groups in total. The normalized spacial score (nSPS) is 17.1. The number of hydrogen-bond donors (Lipinski definition) is 1. The molecule has 1 aliphatic rings. The summed E-state index contributed by atoms with van der Waals surface area (Å²) in [7, 11) is 1.57. The number of carboxylic acids is 1. The summed E-state index contributed by atoms with van der Waals surface area (Å²) in [6, 6.07) is 6.52. The van der Waals surface area contributed by atoms with Crippen LogP contribution in [0.4, 0.5) is 0 Å². The number of carboxylic acid groups (broad SMARTS) is 1. The van der Waals surface area contributed by atoms with Crippen molar-refractivity contribution >= 4 is 11.9 Å². The first kappa shape index (κ1) is 16.0. The van der Waals surface area contributed by atoms with Crippen LogP contribution in [0.2, 0.25) is 0 Å². The molecule has 0 radical (unpaired) electrons. The summed E-state index contributed by atoms with van der Waals surface area (Å²) < 4.78 is 6.91. The molecular weight excluding hydrogens is 310 g/mol. The number of amides is 1. The zero-order valence-corrected chi connectivity index (χ0v) is 13.6. The minimum atomic E-state index is -0.972. The van der Waals surface area contributed by atoms with Gasteiger partial charge < -0.3 is 14.7 Å². The van der Waals surface area contributed by atoms with Crippen molar-refractivity contribution in [3.8, 4) is 11.4 Å². The molecule has 126 valence electrons. The van der Waals surface area contributed by atoms with Gasteiger partial charge in [0.25, 0.3) is 5.91 Å². The highest BCUT2D eigenvalue weighted by Crippen LogP contribution is 2.24. The number of aliphatic carboxylic acids is 1. The van der Waals surface area contributed by atoms with Crippen LogP contribution in [0.1, 0.15) is 28.9 Å². The van der Waals surface area contributed by atoms with Gasteiger partial charge in [0.1, 0.15) is 17.5 Å². The van der Waals surface area contributed by atoms with Gasteiger partial charge in [0, 0.05) is 12.7 Å². The number of aryl methyl sites for hydroxylation is 1. The molecule has 0 saturated carbocycles. The van der Waals surface area contributed by atoms with Crippen molar-refractivity contribution in [1.29, 1.82) is 0 Å². The van der Waals surface area contributed by atoms with Gasteiger partial charge in [0.15, 0.2) is 5.69 Å². The monoisotopic (exact) mass is 329 g/mol. The molecule has 1 aromatic heterocycles. The van der Waals surface area contributed by atoms with E-state index in [9.17, 15) is 14.7 Å². The highest BCUT2D eigenvalue weighted by Gasteiger charge is 2.35. The van der Waals surface area contributed by atoms with Crippen LogP contribution >= 0.6 is 0 Å². The molecule has 7 heteroatoms. The maximum absolute atomic E-state index is 12.6. The molecule has 1 amide bonds. The first-order valence-electron chi connectivity index (χ1n) is 7.75. The standard InChI is InChI=1S/C17H19N3O4/c1-11-5-6-15(24-2)14(10-11)20-9-7-12(18-20)16(21)19-8-3-4-13(19)17(22)23/h5-7,9-10,13H,3-4,8H2,1-2H3,(H,22,23)/t13-/m0/s1. The minimum Gasteiger partial charge on any atom is -0.494 e. The third-order valence-electron chi connectivity index (χ3n) is 4.19. The summed E-state index contributed by atoms with van der Waals surface area (Å²) in [5, 5.41) is 13.5. The highest BCUT2D eigenvalue weighted by molar-refractivity contribution is 5.95. The van der Waals surface area contributed by atoms with Crippen molar-refractivity contribution in [1.82, 2.24) is 14.7 Å². The SMILES string of the molecule is COc1ccc(C)cc1-n1ccc(C(=O)N2CCC[C@H]2C(=O)O)n1. The Bertz CT molecular complexity index is 784. The Labute approximate surface area is 139 Å². The van der Waals surface area contributed by atoms with Gasteiger partial charge in [-0.2, -0.15) is 5.10 Å². The van der Waals surface area contributed by atoms with Gasteiger partial charge in [0.05, 0.1) is 7.11 Å². The van der Waals surface area contributed by atoms with E-state index in [1.54, 1.807) is 24.1 Å². The van der Waals surface area contributed by atoms with E-state index in [0.717, 1.165) is 11.3 Å². The molecule has 1 aromatic carbocycles. The molecule has 0 aliphatic carbocycles. The summed E-state index contributed by atoms with van der Waals surface area (Å²) >= 11 is 0. The van der Waals surface area contributed by atoms with Crippen molar-refractivity contribution < 1.29 is 19.4 Å². The van der Waals surface area contributed by atoms with E-state index in [2.05, 4.69) is 5.10 Å². The van der Waals surface area contributed by atoms with E-state index in [1.807, 2.05) is 25.1 Å². The lowest BCUT2D eigenvalue weighted by molar-refractivity contribution is -0.141. The molecule has 0 unspecified atom stereocenters. The Kier molecular flexibility index (Phi) is 4.24. The largest absolute Gasteiger partial charge is 0.494 e. The second-order valence-electron chi connectivity index (χ2n) is 5.82. The summed E-state index contributed by atoms with van der Waals surface area (Å²) in [6.45, 7) is 2.40. The van der Waals surface area contributed by atoms with Crippen LogP contribution in [0.3, 0.4) is 0 Å². The lowest BCUT2D eigenvalue weighted by Gasteiger charge is -2.20. The molecule has 0 bridgehead atoms. The number of carbonyl (C=O) groups is 2. The van der Waals surface area contributed by atoms with E-state index in [1.165, 1.54) is 4.90 Å². The van der Waals surface area contributed by atoms with Gasteiger partial charge in [-0.3, -0.25) is 4.79 Å². The van der Waals surface area contributed by atoms with Crippen LogP contribution in [0, 0.1) is 6.92 Å². The number of carbonyl (C=O) groups excluding carboxylic acids is 1. The molecule has 1 atom stereocenters. The number of aromatic nitrogens is 2. The van der Waals surface area contributed by atoms with Crippen LogP contribution in [0.25, 0.3) is 5.69 Å². The maximum Gasteiger partial charge on any atom is 0.326 e. The van der Waals surface area contributed by atoms with Gasteiger partial charge in [-0.1, -0.05) is 6.07 Å². The van der Waals surface area contributed by atoms with Gasteiger partial charge in [-0.05, 0) is 43.5 Å². The Morgan fingerprint density at radius 2 is 2.12 bits per heavy atom. The third kappa shape index (κ3) is 2.84. The predicted octanol–water partition coefficient (Wildman–Crippen LogP) is 1.88. The van der Waals surface area contributed by atoms with Crippen molar-refractivity contribution in [2.75, 3.05) is 13.7 Å². The summed E-state index contributed by atoms with van der Waals surface area (Å²) in [4.78, 5) is 25.2. The molecule has 24 heavy (non-hydrogen) atoms. The van der Waals surface area contributed by atoms with Crippen LogP contribution < -0.4 is 4.74 Å². The Morgan fingerprint density at radius 3 is 2.83 bits per heavy atom. The fourth-order valence-electron chi connectivity index (χ4n) is 2.96. The van der Waals surface area contributed by atoms with Crippen molar-refractivity contribution in [2.24, 2.45) is 0 Å². The average Bonchev–Trinajstić information content (AvgIpc) is 3.23. The first-order valence-corrected chi connectivity index (χ1v) is 7.75. The van der Waals surface area contributed by atoms with E-state index in [0.29, 0.717) is 25.1 Å². The number of benzene rings is 1. The Hall–Kier alpha value is -2.83. The topological polar surface area (TPSA) is 84.7 Å². The van der Waals surface area contributed by atoms with Crippen LogP contribution in [0.15, 0.2) is 30.5 Å². The lowest BCUT2D eigenvalue weighted by Crippen LogP contribution is -2.40. The molecule has 7 nitrogen and oxygen atoms in total. The Balaban J connectivity index is 1.90. The van der Waals surface area contributed by atoms with E-state index in [-0.39, 0.29) is 11.6 Å². The number of likely N-dealkylation sites (tertiary alicyclic amines) is 1. The first-order chi connectivity index (χ1) is 11.5. The van der Waals surface area contributed by atoms with E-state index < -0.39 is 12.0 Å². The van der Waals surface area contributed by atoms with Crippen LogP contribution in [0.5, 0.6) is 5.75 Å². The third-order valence-corrected chi connectivity index (χ3v) is 4.19. The number of hydrogen-bond acceptors (Lipinski definition) is 4. The average molecular weight is 329 g/mol. The molecule has 3 rings (SSSR count). The Morgan fingerprint density at radius 1 is 1.33 bits per heavy atom. The van der Waals surface area contributed by atoms with Gasteiger partial charge in [-0.15, -0.1) is 0 Å². The van der Waals surface area contributed by atoms with Crippen LogP contribution in [-0.2, 0) is 4.79 Å². The molecule has 1 fully saturated rings. The fourth-order valence-corrected chi connectivity index (χ4v) is 2.96. The van der Waals surface area contributed by atoms with Gasteiger partial charge in [0.2, 0.25) is 0 Å². The van der Waals surface area contributed by atoms with E-state index in [4.69, 9.17) is 4.74 Å². The van der Waals surface area contributed by atoms with Crippen LogP contribution in [-0.4, -0.2) is 51.4 Å². The molecule has 1 aliphatic heterocycles. The molecule has 2 aromatic rings. The van der Waals surface area contributed by atoms with Crippen molar-refractivity contribution in [3.63, 3.8) is 0 Å². The quantitative estimate of drug-likeness (QED) is 0.926. The number of rotatable bonds is 4. The zero-order valence-electron chi connectivity index (χ0n) is 13.6. The van der Waals surface area contributed by atoms with E-state index >= 15 is 0 Å². The van der Waals surface area contributed by atoms with Crippen molar-refractivity contribution in [2.45, 2.75) is 25.8 Å². The number of ether oxygens (including phenoxy) is 1. The smallest absolute Gasteiger partial charge is 0.326 e. The zero-order chi connectivity index (χ0) is 17.3. The highest BCUT2D eigenvalue weighted by atomic mass is 16.5. The summed E-state index contributed by atoms with van der Waals surface area (Å²) in [6.07, 6.45) is 2.85. The minimum absolute atomic E-state index is 0.228. The molecule has 2 heterocycles. The predicted molar refractivity (Wildman–Crippen MR) is 86.5 cm³/mol. The van der Waals surface area contributed by atoms with Gasteiger partial charge in [-0.25, -0.2) is 9.48 Å². The second kappa shape index (κ2) is 6.35.